The van der Waals surface area contributed by atoms with Crippen LogP contribution in [0.5, 0.6) is 5.75 Å². The van der Waals surface area contributed by atoms with Gasteiger partial charge in [-0.05, 0) is 79.3 Å². The first-order valence-corrected chi connectivity index (χ1v) is 15.9. The average molecular weight is 569 g/mol. The summed E-state index contributed by atoms with van der Waals surface area (Å²) in [6.07, 6.45) is 35.4. The molecule has 0 atom stereocenters. The van der Waals surface area contributed by atoms with Gasteiger partial charge in [0.2, 0.25) is 0 Å². The second-order valence-electron chi connectivity index (χ2n) is 11.5. The van der Waals surface area contributed by atoms with Crippen LogP contribution in [0.3, 0.4) is 0 Å². The second-order valence-corrected chi connectivity index (χ2v) is 11.5. The number of ether oxygens (including phenoxy) is 1. The van der Waals surface area contributed by atoms with Gasteiger partial charge in [-0.1, -0.05) is 82.9 Å². The van der Waals surface area contributed by atoms with Gasteiger partial charge < -0.3 is 4.74 Å². The van der Waals surface area contributed by atoms with Crippen LogP contribution in [0.2, 0.25) is 0 Å². The first-order valence-electron chi connectivity index (χ1n) is 15.9. The molecule has 5 aliphatic heterocycles. The average Bonchev–Trinajstić information content (AvgIpc) is 3.82. The molecule has 0 N–H and O–H groups in total. The zero-order valence-corrected chi connectivity index (χ0v) is 25.1. The first-order chi connectivity index (χ1) is 21.2. The monoisotopic (exact) mass is 568 g/mol. The van der Waals surface area contributed by atoms with Gasteiger partial charge in [0.05, 0.1) is 52.2 Å². The molecule has 43 heavy (non-hydrogen) atoms. The van der Waals surface area contributed by atoms with Crippen molar-refractivity contribution in [2.75, 3.05) is 6.61 Å². The minimum Gasteiger partial charge on any atom is -0.493 e. The smallest absolute Gasteiger partial charge is 0.127 e. The quantitative estimate of drug-likeness (QED) is 0.219. The molecule has 8 bridgehead atoms. The summed E-state index contributed by atoms with van der Waals surface area (Å²) < 4.78 is 6.37. The molecule has 5 nitrogen and oxygen atoms in total. The van der Waals surface area contributed by atoms with Crippen LogP contribution < -0.4 is 4.74 Å². The van der Waals surface area contributed by atoms with Crippen molar-refractivity contribution in [3.8, 4) is 5.75 Å². The summed E-state index contributed by atoms with van der Waals surface area (Å²) in [6, 6.07) is 8.30. The summed E-state index contributed by atoms with van der Waals surface area (Å²) >= 11 is 0. The van der Waals surface area contributed by atoms with Gasteiger partial charge in [-0.3, -0.25) is 0 Å². The summed E-state index contributed by atoms with van der Waals surface area (Å²) in [5.41, 5.74) is 9.03. The zero-order chi connectivity index (χ0) is 29.3. The van der Waals surface area contributed by atoms with Gasteiger partial charge in [-0.2, -0.15) is 0 Å². The Balaban J connectivity index is 1.17. The van der Waals surface area contributed by atoms with Crippen molar-refractivity contribution in [2.45, 2.75) is 71.1 Å². The topological polar surface area (TPSA) is 58.7 Å². The molecule has 0 saturated heterocycles. The molecular formula is C38H40N4O. The number of unbranched alkanes of at least 4 members (excludes halogenated alkanes) is 9. The third kappa shape index (κ3) is 7.72. The molecule has 0 radical (unpaired) electrons. The van der Waals surface area contributed by atoms with Gasteiger partial charge in [-0.15, -0.1) is 0 Å². The van der Waals surface area contributed by atoms with E-state index in [4.69, 9.17) is 24.7 Å². The lowest BCUT2D eigenvalue weighted by Gasteiger charge is -2.13. The molecule has 1 aromatic carbocycles. The number of nitrogens with zero attached hydrogens (tertiary/aromatic N) is 4. The Bertz CT molecular complexity index is 1610. The third-order valence-corrected chi connectivity index (χ3v) is 7.97. The molecular weight excluding hydrogens is 528 g/mol. The van der Waals surface area contributed by atoms with Crippen molar-refractivity contribution in [1.82, 2.24) is 0 Å². The Morgan fingerprint density at radius 3 is 1.67 bits per heavy atom. The van der Waals surface area contributed by atoms with Gasteiger partial charge in [0.1, 0.15) is 5.75 Å². The molecule has 0 aliphatic carbocycles. The maximum atomic E-state index is 6.37. The molecule has 0 unspecified atom stereocenters. The van der Waals surface area contributed by atoms with Gasteiger partial charge >= 0.3 is 0 Å². The summed E-state index contributed by atoms with van der Waals surface area (Å²) in [7, 11) is 0. The fraction of sp³-hybridized carbons (Fsp3) is 0.316. The molecule has 218 valence electrons. The minimum atomic E-state index is 0.720. The van der Waals surface area contributed by atoms with Crippen LogP contribution in [-0.4, -0.2) is 29.5 Å². The summed E-state index contributed by atoms with van der Waals surface area (Å²) in [5, 5.41) is 0. The van der Waals surface area contributed by atoms with Crippen LogP contribution >= 0.6 is 0 Å². The van der Waals surface area contributed by atoms with E-state index in [0.717, 1.165) is 75.5 Å². The predicted molar refractivity (Wildman–Crippen MR) is 181 cm³/mol. The number of fused-ring (bicyclic) bond motifs is 4. The largest absolute Gasteiger partial charge is 0.493 e. The van der Waals surface area contributed by atoms with Crippen molar-refractivity contribution in [3.05, 3.63) is 119 Å². The lowest BCUT2D eigenvalue weighted by molar-refractivity contribution is 0.303. The fourth-order valence-electron chi connectivity index (χ4n) is 5.70. The van der Waals surface area contributed by atoms with Gasteiger partial charge in [0, 0.05) is 11.1 Å². The standard InChI is InChI=1S/C38H40N4O/c1-2-3-4-5-6-7-8-9-10-13-22-43-38-15-12-11-14-35(38)36-26-34-25-32-19-18-30(40-32)23-28-16-17-29(39-28)24-31-20-21-33(41-31)27-37(36)42-34/h11-12,14-21,23-27H,2-10,13,22H2,1H3. The summed E-state index contributed by atoms with van der Waals surface area (Å²) in [6.45, 7) is 2.99. The third-order valence-electron chi connectivity index (χ3n) is 7.97. The first kappa shape index (κ1) is 28.7. The van der Waals surface area contributed by atoms with Crippen LogP contribution in [0.1, 0.15) is 76.7 Å². The van der Waals surface area contributed by atoms with Gasteiger partial charge in [0.15, 0.2) is 0 Å². The van der Waals surface area contributed by atoms with E-state index in [1.54, 1.807) is 0 Å². The van der Waals surface area contributed by atoms with E-state index in [1.807, 2.05) is 60.8 Å². The fourth-order valence-corrected chi connectivity index (χ4v) is 5.70. The maximum Gasteiger partial charge on any atom is 0.127 e. The van der Waals surface area contributed by atoms with Crippen molar-refractivity contribution >= 4 is 28.4 Å². The number of hydrogen-bond donors (Lipinski definition) is 0. The van der Waals surface area contributed by atoms with Crippen LogP contribution in [0.25, 0.3) is 5.57 Å². The highest BCUT2D eigenvalue weighted by Gasteiger charge is 2.21. The molecule has 0 saturated carbocycles. The predicted octanol–water partition coefficient (Wildman–Crippen LogP) is 9.41. The number of aliphatic imine (C=N–C) groups is 4. The molecule has 5 heterocycles. The van der Waals surface area contributed by atoms with Crippen molar-refractivity contribution in [1.29, 1.82) is 0 Å². The Hall–Kier alpha value is -4.38. The second kappa shape index (κ2) is 14.2. The van der Waals surface area contributed by atoms with E-state index in [1.165, 1.54) is 57.8 Å². The van der Waals surface area contributed by atoms with Crippen LogP contribution in [-0.2, 0) is 0 Å². The SMILES string of the molecule is CCCCCCCCCCCCOc1ccccc1C1=CC2=NC1=CC1=NC(=CC3=NC(=CC4=NC(=C2)C=C4)C=C3)C=C1. The van der Waals surface area contributed by atoms with E-state index in [9.17, 15) is 0 Å². The molecule has 0 amide bonds. The molecule has 0 spiro atoms. The van der Waals surface area contributed by atoms with Crippen LogP contribution in [0.15, 0.2) is 134 Å². The number of allylic oxidation sites excluding steroid dienone is 12. The van der Waals surface area contributed by atoms with E-state index in [-0.39, 0.29) is 0 Å². The molecule has 0 fully saturated rings. The van der Waals surface area contributed by atoms with Gasteiger partial charge in [0.25, 0.3) is 0 Å². The molecule has 1 aromatic rings. The highest BCUT2D eigenvalue weighted by atomic mass is 16.5. The molecule has 0 aromatic heterocycles. The lowest BCUT2D eigenvalue weighted by atomic mass is 10.0. The normalized spacial score (nSPS) is 18.0. The van der Waals surface area contributed by atoms with Gasteiger partial charge in [-0.25, -0.2) is 20.0 Å². The Kier molecular flexibility index (Phi) is 9.48. The number of benzene rings is 1. The van der Waals surface area contributed by atoms with E-state index in [0.29, 0.717) is 0 Å². The number of rotatable bonds is 13. The Labute approximate surface area is 255 Å². The molecule has 6 rings (SSSR count). The Morgan fingerprint density at radius 1 is 0.512 bits per heavy atom. The number of para-hydroxylation sites is 1. The minimum absolute atomic E-state index is 0.720. The van der Waals surface area contributed by atoms with Crippen LogP contribution in [0, 0.1) is 0 Å². The molecule has 5 aliphatic rings. The zero-order valence-electron chi connectivity index (χ0n) is 25.1. The Morgan fingerprint density at radius 2 is 1.05 bits per heavy atom. The summed E-state index contributed by atoms with van der Waals surface area (Å²) in [5.74, 6) is 0.892. The molecule has 5 heteroatoms. The van der Waals surface area contributed by atoms with E-state index >= 15 is 0 Å². The lowest BCUT2D eigenvalue weighted by Crippen LogP contribution is -2.01. The highest BCUT2D eigenvalue weighted by molar-refractivity contribution is 6.19. The summed E-state index contributed by atoms with van der Waals surface area (Å²) in [4.78, 5) is 19.3. The van der Waals surface area contributed by atoms with Crippen molar-refractivity contribution in [2.24, 2.45) is 20.0 Å². The maximum absolute atomic E-state index is 6.37. The highest BCUT2D eigenvalue weighted by Crippen LogP contribution is 2.36. The van der Waals surface area contributed by atoms with Crippen molar-refractivity contribution in [3.63, 3.8) is 0 Å². The number of hydrogen-bond acceptors (Lipinski definition) is 5. The van der Waals surface area contributed by atoms with E-state index in [2.05, 4.69) is 37.3 Å². The van der Waals surface area contributed by atoms with Crippen molar-refractivity contribution < 1.29 is 4.74 Å². The van der Waals surface area contributed by atoms with E-state index < -0.39 is 0 Å². The van der Waals surface area contributed by atoms with Crippen LogP contribution in [0.4, 0.5) is 0 Å².